The highest BCUT2D eigenvalue weighted by molar-refractivity contribution is 7.07. The lowest BCUT2D eigenvalue weighted by molar-refractivity contribution is -0.143. The summed E-state index contributed by atoms with van der Waals surface area (Å²) in [6.45, 7) is 7.78. The van der Waals surface area contributed by atoms with Crippen LogP contribution in [0.25, 0.3) is 6.08 Å². The fraction of sp³-hybridized carbons (Fsp3) is 0.269. The quantitative estimate of drug-likeness (QED) is 0.549. The van der Waals surface area contributed by atoms with Crippen molar-refractivity contribution in [1.82, 2.24) is 4.57 Å². The van der Waals surface area contributed by atoms with Gasteiger partial charge in [0.05, 0.1) is 34.6 Å². The van der Waals surface area contributed by atoms with Crippen molar-refractivity contribution in [1.29, 1.82) is 0 Å². The summed E-state index contributed by atoms with van der Waals surface area (Å²) >= 11 is 1.26. The molecule has 0 amide bonds. The maximum Gasteiger partial charge on any atom is 0.338 e. The summed E-state index contributed by atoms with van der Waals surface area (Å²) in [4.78, 5) is 31.8. The fourth-order valence-corrected chi connectivity index (χ4v) is 4.86. The van der Waals surface area contributed by atoms with E-state index >= 15 is 0 Å². The first-order chi connectivity index (χ1) is 16.3. The second-order valence-corrected chi connectivity index (χ2v) is 9.14. The lowest BCUT2D eigenvalue weighted by atomic mass is 9.96. The van der Waals surface area contributed by atoms with Crippen molar-refractivity contribution in [3.05, 3.63) is 90.6 Å². The molecule has 3 aromatic rings. The van der Waals surface area contributed by atoms with Crippen molar-refractivity contribution >= 4 is 23.4 Å². The smallest absolute Gasteiger partial charge is 0.338 e. The molecule has 4 rings (SSSR count). The Hall–Kier alpha value is -3.65. The molecule has 0 spiro atoms. The number of aromatic hydroxyl groups is 1. The molecule has 1 N–H and O–H groups in total. The van der Waals surface area contributed by atoms with Gasteiger partial charge in [0, 0.05) is 0 Å². The van der Waals surface area contributed by atoms with Gasteiger partial charge >= 0.3 is 5.97 Å². The van der Waals surface area contributed by atoms with Crippen LogP contribution in [-0.2, 0) is 9.53 Å². The van der Waals surface area contributed by atoms with E-state index in [0.29, 0.717) is 33.0 Å². The number of phenolic OH excluding ortho intramolecular Hbond substituents is 1. The Kier molecular flexibility index (Phi) is 6.70. The van der Waals surface area contributed by atoms with Crippen LogP contribution in [0.5, 0.6) is 11.5 Å². The van der Waals surface area contributed by atoms with Gasteiger partial charge in [0.25, 0.3) is 5.56 Å². The summed E-state index contributed by atoms with van der Waals surface area (Å²) in [6, 6.07) is 13.3. The largest absolute Gasteiger partial charge is 0.508 e. The normalized spacial score (nSPS) is 15.8. The van der Waals surface area contributed by atoms with Crippen LogP contribution in [0.4, 0.5) is 0 Å². The summed E-state index contributed by atoms with van der Waals surface area (Å²) in [5, 5.41) is 9.55. The molecule has 0 unspecified atom stereocenters. The highest BCUT2D eigenvalue weighted by Gasteiger charge is 2.33. The number of carbonyl (C=O) groups excluding carboxylic acids is 1. The SMILES string of the molecule is CCOc1ccc([C@H]2C(C(=O)OC(C)C)=C(C)N=c3s/c(=C/c4ccc(O)cc4)c(=O)n32)cc1. The summed E-state index contributed by atoms with van der Waals surface area (Å²) in [7, 11) is 0. The number of fused-ring (bicyclic) bond motifs is 1. The predicted octanol–water partition coefficient (Wildman–Crippen LogP) is 3.29. The molecular formula is C26H26N2O5S. The lowest BCUT2D eigenvalue weighted by Gasteiger charge is -2.25. The van der Waals surface area contributed by atoms with Crippen molar-refractivity contribution in [2.45, 2.75) is 39.8 Å². The zero-order valence-corrected chi connectivity index (χ0v) is 20.3. The first kappa shape index (κ1) is 23.5. The van der Waals surface area contributed by atoms with Gasteiger partial charge < -0.3 is 14.6 Å². The number of phenols is 1. The first-order valence-corrected chi connectivity index (χ1v) is 11.9. The third-order valence-corrected chi connectivity index (χ3v) is 6.26. The maximum absolute atomic E-state index is 13.6. The number of carbonyl (C=O) groups is 1. The van der Waals surface area contributed by atoms with Crippen molar-refractivity contribution in [3.8, 4) is 11.5 Å². The number of hydrogen-bond acceptors (Lipinski definition) is 7. The Bertz CT molecular complexity index is 1410. The molecule has 7 nitrogen and oxygen atoms in total. The number of rotatable bonds is 6. The number of nitrogens with zero attached hydrogens (tertiary/aromatic N) is 2. The van der Waals surface area contributed by atoms with Gasteiger partial charge in [-0.05, 0) is 69.2 Å². The van der Waals surface area contributed by atoms with Crippen molar-refractivity contribution in [2.24, 2.45) is 4.99 Å². The van der Waals surface area contributed by atoms with Gasteiger partial charge in [-0.2, -0.15) is 0 Å². The molecule has 34 heavy (non-hydrogen) atoms. The first-order valence-electron chi connectivity index (χ1n) is 11.0. The molecule has 0 saturated carbocycles. The van der Waals surface area contributed by atoms with Gasteiger partial charge in [-0.15, -0.1) is 0 Å². The van der Waals surface area contributed by atoms with E-state index in [2.05, 4.69) is 4.99 Å². The number of hydrogen-bond donors (Lipinski definition) is 1. The average Bonchev–Trinajstić information content (AvgIpc) is 3.09. The number of esters is 1. The highest BCUT2D eigenvalue weighted by atomic mass is 32.1. The van der Waals surface area contributed by atoms with Crippen LogP contribution in [-0.4, -0.2) is 28.4 Å². The molecule has 1 aromatic heterocycles. The van der Waals surface area contributed by atoms with Crippen LogP contribution in [0.15, 0.2) is 69.6 Å². The highest BCUT2D eigenvalue weighted by Crippen LogP contribution is 2.32. The zero-order chi connectivity index (χ0) is 24.4. The minimum atomic E-state index is -0.680. The Balaban J connectivity index is 1.90. The molecule has 176 valence electrons. The lowest BCUT2D eigenvalue weighted by Crippen LogP contribution is -2.40. The topological polar surface area (TPSA) is 90.1 Å². The number of benzene rings is 2. The molecule has 2 aromatic carbocycles. The monoisotopic (exact) mass is 478 g/mol. The molecular weight excluding hydrogens is 452 g/mol. The molecule has 0 aliphatic carbocycles. The molecule has 1 aliphatic heterocycles. The van der Waals surface area contributed by atoms with Crippen molar-refractivity contribution < 1.29 is 19.4 Å². The summed E-state index contributed by atoms with van der Waals surface area (Å²) < 4.78 is 13.1. The van der Waals surface area contributed by atoms with Crippen LogP contribution in [0, 0.1) is 0 Å². The van der Waals surface area contributed by atoms with Crippen LogP contribution in [0.1, 0.15) is 44.9 Å². The number of thiazole rings is 1. The molecule has 0 radical (unpaired) electrons. The Morgan fingerprint density at radius 2 is 1.85 bits per heavy atom. The van der Waals surface area contributed by atoms with Crippen molar-refractivity contribution in [3.63, 3.8) is 0 Å². The second-order valence-electron chi connectivity index (χ2n) is 8.13. The Labute approximate surface area is 200 Å². The molecule has 0 saturated heterocycles. The molecule has 0 fully saturated rings. The fourth-order valence-electron chi connectivity index (χ4n) is 3.81. The minimum Gasteiger partial charge on any atom is -0.508 e. The van der Waals surface area contributed by atoms with Crippen LogP contribution < -0.4 is 19.6 Å². The number of ether oxygens (including phenoxy) is 2. The van der Waals surface area contributed by atoms with E-state index in [0.717, 1.165) is 11.1 Å². The van der Waals surface area contributed by atoms with Gasteiger partial charge in [-0.1, -0.05) is 35.6 Å². The van der Waals surface area contributed by atoms with Gasteiger partial charge in [0.15, 0.2) is 4.80 Å². The van der Waals surface area contributed by atoms with Gasteiger partial charge in [-0.3, -0.25) is 9.36 Å². The van der Waals surface area contributed by atoms with Gasteiger partial charge in [0.1, 0.15) is 11.5 Å². The minimum absolute atomic E-state index is 0.151. The maximum atomic E-state index is 13.6. The third-order valence-electron chi connectivity index (χ3n) is 5.28. The van der Waals surface area contributed by atoms with Gasteiger partial charge in [-0.25, -0.2) is 9.79 Å². The van der Waals surface area contributed by atoms with E-state index in [1.54, 1.807) is 55.7 Å². The van der Waals surface area contributed by atoms with E-state index < -0.39 is 12.0 Å². The summed E-state index contributed by atoms with van der Waals surface area (Å²) in [5.41, 5.74) is 2.13. The Morgan fingerprint density at radius 3 is 2.47 bits per heavy atom. The molecule has 8 heteroatoms. The molecule has 1 atom stereocenters. The van der Waals surface area contributed by atoms with Crippen LogP contribution in [0.2, 0.25) is 0 Å². The van der Waals surface area contributed by atoms with E-state index in [9.17, 15) is 14.7 Å². The molecule has 0 bridgehead atoms. The average molecular weight is 479 g/mol. The van der Waals surface area contributed by atoms with E-state index in [-0.39, 0.29) is 17.4 Å². The number of aromatic nitrogens is 1. The Morgan fingerprint density at radius 1 is 1.18 bits per heavy atom. The van der Waals surface area contributed by atoms with E-state index in [4.69, 9.17) is 9.47 Å². The molecule has 2 heterocycles. The van der Waals surface area contributed by atoms with Crippen LogP contribution in [0.3, 0.4) is 0 Å². The third kappa shape index (κ3) is 4.68. The standard InChI is InChI=1S/C26H26N2O5S/c1-5-32-20-12-8-18(9-13-20)23-22(25(31)33-15(2)3)16(4)27-26-28(23)24(30)21(34-26)14-17-6-10-19(29)11-7-17/h6-15,23,29H,5H2,1-4H3/b21-14+/t23-/m0/s1. The van der Waals surface area contributed by atoms with Crippen LogP contribution >= 0.6 is 11.3 Å². The van der Waals surface area contributed by atoms with Gasteiger partial charge in [0.2, 0.25) is 0 Å². The zero-order valence-electron chi connectivity index (χ0n) is 19.4. The van der Waals surface area contributed by atoms with Crippen molar-refractivity contribution in [2.75, 3.05) is 6.61 Å². The van der Waals surface area contributed by atoms with E-state index in [1.807, 2.05) is 31.2 Å². The predicted molar refractivity (Wildman–Crippen MR) is 131 cm³/mol. The van der Waals surface area contributed by atoms with E-state index in [1.165, 1.54) is 11.3 Å². The second kappa shape index (κ2) is 9.69. The summed E-state index contributed by atoms with van der Waals surface area (Å²) in [6.07, 6.45) is 1.44. The summed E-state index contributed by atoms with van der Waals surface area (Å²) in [5.74, 6) is 0.360. The number of allylic oxidation sites excluding steroid dienone is 1. The molecule has 1 aliphatic rings.